The summed E-state index contributed by atoms with van der Waals surface area (Å²) in [4.78, 5) is 24.4. The fraction of sp³-hybridized carbons (Fsp3) is 0.133. The van der Waals surface area contributed by atoms with Crippen LogP contribution in [0.15, 0.2) is 72.8 Å². The van der Waals surface area contributed by atoms with Gasteiger partial charge in [0.05, 0.1) is 0 Å². The molecule has 0 radical (unpaired) electrons. The summed E-state index contributed by atoms with van der Waals surface area (Å²) in [6, 6.07) is 18.8. The second-order valence-electron chi connectivity index (χ2n) is 8.67. The number of phenols is 4. The van der Waals surface area contributed by atoms with Crippen LogP contribution in [0.5, 0.6) is 23.0 Å². The first-order valence-corrected chi connectivity index (χ1v) is 11.3. The molecule has 0 fully saturated rings. The van der Waals surface area contributed by atoms with Crippen molar-refractivity contribution in [3.05, 3.63) is 117 Å². The average molecular weight is 485 g/mol. The zero-order valence-electron chi connectivity index (χ0n) is 20.5. The molecule has 0 amide bonds. The van der Waals surface area contributed by atoms with Crippen LogP contribution in [-0.2, 0) is 0 Å². The maximum absolute atomic E-state index is 12.5. The summed E-state index contributed by atoms with van der Waals surface area (Å²) in [5, 5.41) is 37.7. The lowest BCUT2D eigenvalue weighted by atomic mass is 9.96. The van der Waals surface area contributed by atoms with Crippen LogP contribution in [0.4, 0.5) is 0 Å². The van der Waals surface area contributed by atoms with Gasteiger partial charge in [0.15, 0.2) is 11.6 Å². The third kappa shape index (κ3) is 5.91. The molecule has 0 atom stereocenters. The SMILES string of the molecule is Cc1cc(C(=O)c2cc(C)c(O)c(C)c2)cc(C)c1O.O=C(c1ccc(O)cc1)c1ccc(O)cc1. The summed E-state index contributed by atoms with van der Waals surface area (Å²) in [7, 11) is 0. The lowest BCUT2D eigenvalue weighted by Crippen LogP contribution is -2.03. The molecule has 0 heterocycles. The quantitative estimate of drug-likeness (QED) is 0.269. The van der Waals surface area contributed by atoms with E-state index in [9.17, 15) is 19.8 Å². The molecule has 0 aliphatic heterocycles. The average Bonchev–Trinajstić information content (AvgIpc) is 2.85. The number of ketones is 2. The van der Waals surface area contributed by atoms with E-state index < -0.39 is 0 Å². The number of hydrogen-bond donors (Lipinski definition) is 4. The van der Waals surface area contributed by atoms with Crippen molar-refractivity contribution in [2.24, 2.45) is 0 Å². The molecule has 0 saturated carbocycles. The molecule has 6 nitrogen and oxygen atoms in total. The van der Waals surface area contributed by atoms with Crippen molar-refractivity contribution in [1.29, 1.82) is 0 Å². The summed E-state index contributed by atoms with van der Waals surface area (Å²) in [6.45, 7) is 7.08. The number of benzene rings is 4. The summed E-state index contributed by atoms with van der Waals surface area (Å²) in [5.74, 6) is 0.450. The van der Waals surface area contributed by atoms with Crippen LogP contribution < -0.4 is 0 Å². The van der Waals surface area contributed by atoms with Gasteiger partial charge in [0.1, 0.15) is 23.0 Å². The standard InChI is InChI=1S/C17H18O3.C13H10O3/c1-9-5-13(6-10(2)15(9)18)17(20)14-7-11(3)16(19)12(4)8-14;14-11-5-1-9(2-6-11)13(16)10-3-7-12(15)8-4-10/h5-8,18-19H,1-4H3;1-8,14-15H. The van der Waals surface area contributed by atoms with Crippen molar-refractivity contribution in [2.75, 3.05) is 0 Å². The molecule has 6 heteroatoms. The molecule has 0 aromatic heterocycles. The Morgan fingerprint density at radius 2 is 0.694 bits per heavy atom. The molecule has 0 aliphatic rings. The van der Waals surface area contributed by atoms with E-state index in [1.165, 1.54) is 24.3 Å². The predicted molar refractivity (Wildman–Crippen MR) is 138 cm³/mol. The van der Waals surface area contributed by atoms with Gasteiger partial charge in [-0.25, -0.2) is 0 Å². The molecule has 0 unspecified atom stereocenters. The maximum Gasteiger partial charge on any atom is 0.193 e. The second-order valence-corrected chi connectivity index (χ2v) is 8.67. The van der Waals surface area contributed by atoms with E-state index in [1.54, 1.807) is 76.2 Å². The van der Waals surface area contributed by atoms with E-state index >= 15 is 0 Å². The number of hydrogen-bond acceptors (Lipinski definition) is 6. The minimum atomic E-state index is -0.139. The first-order valence-electron chi connectivity index (χ1n) is 11.3. The van der Waals surface area contributed by atoms with Crippen molar-refractivity contribution in [2.45, 2.75) is 27.7 Å². The molecule has 4 N–H and O–H groups in total. The first kappa shape index (κ1) is 26.0. The van der Waals surface area contributed by atoms with Gasteiger partial charge in [-0.3, -0.25) is 9.59 Å². The number of rotatable bonds is 4. The van der Waals surface area contributed by atoms with Crippen LogP contribution >= 0.6 is 0 Å². The van der Waals surface area contributed by atoms with Gasteiger partial charge in [-0.05, 0) is 123 Å². The Morgan fingerprint density at radius 1 is 0.444 bits per heavy atom. The summed E-state index contributed by atoms with van der Waals surface area (Å²) in [6.07, 6.45) is 0. The number of carbonyl (C=O) groups is 2. The van der Waals surface area contributed by atoms with Crippen LogP contribution in [0.2, 0.25) is 0 Å². The molecule has 4 rings (SSSR count). The molecular weight excluding hydrogens is 456 g/mol. The minimum Gasteiger partial charge on any atom is -0.508 e. The predicted octanol–water partition coefficient (Wildman–Crippen LogP) is 5.89. The smallest absolute Gasteiger partial charge is 0.193 e. The van der Waals surface area contributed by atoms with E-state index in [4.69, 9.17) is 10.2 Å². The highest BCUT2D eigenvalue weighted by Gasteiger charge is 2.15. The van der Waals surface area contributed by atoms with Gasteiger partial charge in [-0.1, -0.05) is 0 Å². The Labute approximate surface area is 209 Å². The highest BCUT2D eigenvalue weighted by Crippen LogP contribution is 2.27. The van der Waals surface area contributed by atoms with Crippen LogP contribution in [-0.4, -0.2) is 32.0 Å². The highest BCUT2D eigenvalue weighted by molar-refractivity contribution is 6.10. The number of phenolic OH excluding ortho intramolecular Hbond substituents is 4. The summed E-state index contributed by atoms with van der Waals surface area (Å²) >= 11 is 0. The summed E-state index contributed by atoms with van der Waals surface area (Å²) < 4.78 is 0. The molecule has 36 heavy (non-hydrogen) atoms. The van der Waals surface area contributed by atoms with Crippen LogP contribution in [0.3, 0.4) is 0 Å². The number of carbonyl (C=O) groups excluding carboxylic acids is 2. The lowest BCUT2D eigenvalue weighted by molar-refractivity contribution is 0.103. The van der Waals surface area contributed by atoms with Crippen molar-refractivity contribution >= 4 is 11.6 Å². The van der Waals surface area contributed by atoms with Gasteiger partial charge in [0.25, 0.3) is 0 Å². The molecule has 0 saturated heterocycles. The van der Waals surface area contributed by atoms with Gasteiger partial charge in [-0.15, -0.1) is 0 Å². The van der Waals surface area contributed by atoms with Gasteiger partial charge >= 0.3 is 0 Å². The largest absolute Gasteiger partial charge is 0.508 e. The number of aryl methyl sites for hydroxylation is 4. The fourth-order valence-corrected chi connectivity index (χ4v) is 3.73. The Hall–Kier alpha value is -4.58. The molecule has 0 spiro atoms. The zero-order valence-corrected chi connectivity index (χ0v) is 20.5. The van der Waals surface area contributed by atoms with E-state index in [1.807, 2.05) is 0 Å². The normalized spacial score (nSPS) is 10.3. The molecule has 0 aliphatic carbocycles. The summed E-state index contributed by atoms with van der Waals surface area (Å²) in [5.41, 5.74) is 4.82. The highest BCUT2D eigenvalue weighted by atomic mass is 16.3. The maximum atomic E-state index is 12.5. The first-order chi connectivity index (χ1) is 17.0. The topological polar surface area (TPSA) is 115 Å². The van der Waals surface area contributed by atoms with Gasteiger partial charge in [-0.2, -0.15) is 0 Å². The van der Waals surface area contributed by atoms with Crippen LogP contribution in [0, 0.1) is 27.7 Å². The Morgan fingerprint density at radius 3 is 0.972 bits per heavy atom. The van der Waals surface area contributed by atoms with Crippen molar-refractivity contribution in [1.82, 2.24) is 0 Å². The lowest BCUT2D eigenvalue weighted by Gasteiger charge is -2.10. The van der Waals surface area contributed by atoms with Crippen molar-refractivity contribution < 1.29 is 30.0 Å². The second kappa shape index (κ2) is 10.8. The molecule has 4 aromatic rings. The Bertz CT molecular complexity index is 1260. The van der Waals surface area contributed by atoms with Gasteiger partial charge in [0, 0.05) is 22.3 Å². The zero-order chi connectivity index (χ0) is 26.6. The molecular formula is C30H28O6. The molecule has 184 valence electrons. The monoisotopic (exact) mass is 484 g/mol. The van der Waals surface area contributed by atoms with Crippen LogP contribution in [0.1, 0.15) is 54.1 Å². The minimum absolute atomic E-state index is 0.109. The molecule has 0 bridgehead atoms. The van der Waals surface area contributed by atoms with Crippen molar-refractivity contribution in [3.8, 4) is 23.0 Å². The third-order valence-corrected chi connectivity index (χ3v) is 5.77. The van der Waals surface area contributed by atoms with E-state index in [0.717, 1.165) is 0 Å². The van der Waals surface area contributed by atoms with Gasteiger partial charge < -0.3 is 20.4 Å². The van der Waals surface area contributed by atoms with Crippen LogP contribution in [0.25, 0.3) is 0 Å². The van der Waals surface area contributed by atoms with E-state index in [0.29, 0.717) is 44.5 Å². The Balaban J connectivity index is 0.000000205. The number of aromatic hydroxyl groups is 4. The fourth-order valence-electron chi connectivity index (χ4n) is 3.73. The van der Waals surface area contributed by atoms with Crippen molar-refractivity contribution in [3.63, 3.8) is 0 Å². The van der Waals surface area contributed by atoms with E-state index in [2.05, 4.69) is 0 Å². The van der Waals surface area contributed by atoms with E-state index in [-0.39, 0.29) is 34.6 Å². The van der Waals surface area contributed by atoms with Gasteiger partial charge in [0.2, 0.25) is 0 Å². The molecule has 4 aromatic carbocycles. The third-order valence-electron chi connectivity index (χ3n) is 5.77. The Kier molecular flexibility index (Phi) is 7.80.